The zero-order valence-corrected chi connectivity index (χ0v) is 14.1. The van der Waals surface area contributed by atoms with Crippen molar-refractivity contribution in [1.82, 2.24) is 15.0 Å². The highest BCUT2D eigenvalue weighted by atomic mass is 16.7. The van der Waals surface area contributed by atoms with E-state index in [-0.39, 0.29) is 19.3 Å². The number of nitrogens with one attached hydrogen (secondary N) is 1. The van der Waals surface area contributed by atoms with E-state index in [2.05, 4.69) is 20.3 Å². The minimum absolute atomic E-state index is 0.124. The SMILES string of the molecule is Cc1ccc(Nc2nc(N)nc(COc3ccc4c(c3)OCO4)n2)cc1. The van der Waals surface area contributed by atoms with Crippen molar-refractivity contribution in [2.75, 3.05) is 17.8 Å². The van der Waals surface area contributed by atoms with Crippen molar-refractivity contribution >= 4 is 17.6 Å². The first kappa shape index (κ1) is 15.9. The summed E-state index contributed by atoms with van der Waals surface area (Å²) in [4.78, 5) is 12.6. The van der Waals surface area contributed by atoms with E-state index in [0.29, 0.717) is 29.0 Å². The van der Waals surface area contributed by atoms with Gasteiger partial charge in [-0.2, -0.15) is 15.0 Å². The maximum atomic E-state index is 5.79. The summed E-state index contributed by atoms with van der Waals surface area (Å²) in [6.45, 7) is 2.39. The minimum Gasteiger partial charge on any atom is -0.485 e. The molecule has 1 aromatic heterocycles. The average molecular weight is 351 g/mol. The number of anilines is 3. The number of nitrogen functional groups attached to an aromatic ring is 1. The zero-order valence-electron chi connectivity index (χ0n) is 14.1. The second-order valence-corrected chi connectivity index (χ2v) is 5.73. The van der Waals surface area contributed by atoms with Gasteiger partial charge in [0.25, 0.3) is 0 Å². The molecule has 1 aliphatic heterocycles. The van der Waals surface area contributed by atoms with E-state index in [1.807, 2.05) is 31.2 Å². The van der Waals surface area contributed by atoms with E-state index >= 15 is 0 Å². The summed E-state index contributed by atoms with van der Waals surface area (Å²) >= 11 is 0. The molecule has 3 aromatic rings. The normalized spacial score (nSPS) is 12.0. The number of hydrogen-bond acceptors (Lipinski definition) is 8. The standard InChI is InChI=1S/C18H17N5O3/c1-11-2-4-12(5-3-11)20-18-22-16(21-17(19)23-18)9-24-13-6-7-14-15(8-13)26-10-25-14/h2-8H,9-10H2,1H3,(H3,19,20,21,22,23). The first-order valence-electron chi connectivity index (χ1n) is 8.02. The molecule has 2 heterocycles. The third-order valence-electron chi connectivity index (χ3n) is 3.72. The molecule has 1 aliphatic rings. The maximum Gasteiger partial charge on any atom is 0.232 e. The quantitative estimate of drug-likeness (QED) is 0.723. The van der Waals surface area contributed by atoms with E-state index in [9.17, 15) is 0 Å². The van der Waals surface area contributed by atoms with Crippen LogP contribution in [0, 0.1) is 6.92 Å². The Morgan fingerprint density at radius 2 is 1.85 bits per heavy atom. The van der Waals surface area contributed by atoms with E-state index in [1.165, 1.54) is 5.56 Å². The van der Waals surface area contributed by atoms with Crippen molar-refractivity contribution < 1.29 is 14.2 Å². The Kier molecular flexibility index (Phi) is 4.14. The minimum atomic E-state index is 0.124. The van der Waals surface area contributed by atoms with Crippen LogP contribution >= 0.6 is 0 Å². The predicted molar refractivity (Wildman–Crippen MR) is 95.6 cm³/mol. The summed E-state index contributed by atoms with van der Waals surface area (Å²) in [7, 11) is 0. The number of nitrogens with two attached hydrogens (primary N) is 1. The molecular formula is C18H17N5O3. The van der Waals surface area contributed by atoms with Gasteiger partial charge in [-0.1, -0.05) is 17.7 Å². The first-order chi connectivity index (χ1) is 12.7. The van der Waals surface area contributed by atoms with Crippen LogP contribution in [-0.2, 0) is 6.61 Å². The molecule has 0 radical (unpaired) electrons. The number of nitrogens with zero attached hydrogens (tertiary/aromatic N) is 3. The highest BCUT2D eigenvalue weighted by Gasteiger charge is 2.14. The summed E-state index contributed by atoms with van der Waals surface area (Å²) in [6.07, 6.45) is 0. The number of fused-ring (bicyclic) bond motifs is 1. The summed E-state index contributed by atoms with van der Waals surface area (Å²) in [6, 6.07) is 13.2. The molecule has 0 saturated carbocycles. The molecule has 8 nitrogen and oxygen atoms in total. The number of ether oxygens (including phenoxy) is 3. The maximum absolute atomic E-state index is 5.79. The van der Waals surface area contributed by atoms with Crippen molar-refractivity contribution in [2.45, 2.75) is 13.5 Å². The number of rotatable bonds is 5. The van der Waals surface area contributed by atoms with Crippen molar-refractivity contribution in [3.63, 3.8) is 0 Å². The Hall–Kier alpha value is -3.55. The molecule has 0 unspecified atom stereocenters. The monoisotopic (exact) mass is 351 g/mol. The third-order valence-corrected chi connectivity index (χ3v) is 3.72. The van der Waals surface area contributed by atoms with E-state index < -0.39 is 0 Å². The van der Waals surface area contributed by atoms with E-state index in [0.717, 1.165) is 5.69 Å². The smallest absolute Gasteiger partial charge is 0.232 e. The zero-order chi connectivity index (χ0) is 17.9. The van der Waals surface area contributed by atoms with E-state index in [1.54, 1.807) is 18.2 Å². The molecule has 132 valence electrons. The Labute approximate surface area is 150 Å². The molecule has 0 fully saturated rings. The molecule has 0 amide bonds. The lowest BCUT2D eigenvalue weighted by Crippen LogP contribution is -2.09. The lowest BCUT2D eigenvalue weighted by molar-refractivity contribution is 0.173. The Morgan fingerprint density at radius 3 is 2.69 bits per heavy atom. The van der Waals surface area contributed by atoms with Crippen LogP contribution < -0.4 is 25.3 Å². The number of aryl methyl sites for hydroxylation is 1. The molecule has 0 spiro atoms. The number of aromatic nitrogens is 3. The lowest BCUT2D eigenvalue weighted by atomic mass is 10.2. The molecular weight excluding hydrogens is 334 g/mol. The highest BCUT2D eigenvalue weighted by molar-refractivity contribution is 5.54. The van der Waals surface area contributed by atoms with Gasteiger partial charge in [-0.3, -0.25) is 0 Å². The van der Waals surface area contributed by atoms with Gasteiger partial charge in [0.1, 0.15) is 12.4 Å². The third kappa shape index (κ3) is 3.59. The van der Waals surface area contributed by atoms with Crippen molar-refractivity contribution in [3.8, 4) is 17.2 Å². The highest BCUT2D eigenvalue weighted by Crippen LogP contribution is 2.35. The molecule has 8 heteroatoms. The van der Waals surface area contributed by atoms with Crippen LogP contribution in [-0.4, -0.2) is 21.7 Å². The van der Waals surface area contributed by atoms with Gasteiger partial charge in [0.05, 0.1) is 0 Å². The molecule has 3 N–H and O–H groups in total. The Morgan fingerprint density at radius 1 is 1.04 bits per heavy atom. The fraction of sp³-hybridized carbons (Fsp3) is 0.167. The molecule has 0 saturated heterocycles. The molecule has 2 aromatic carbocycles. The largest absolute Gasteiger partial charge is 0.485 e. The Bertz CT molecular complexity index is 931. The molecule has 0 atom stereocenters. The van der Waals surface area contributed by atoms with Gasteiger partial charge in [0.15, 0.2) is 17.3 Å². The van der Waals surface area contributed by atoms with Crippen LogP contribution in [0.25, 0.3) is 0 Å². The summed E-state index contributed by atoms with van der Waals surface area (Å²) < 4.78 is 16.3. The topological polar surface area (TPSA) is 104 Å². The molecule has 4 rings (SSSR count). The van der Waals surface area contributed by atoms with Crippen LogP contribution in [0.1, 0.15) is 11.4 Å². The van der Waals surface area contributed by atoms with Gasteiger partial charge in [0.2, 0.25) is 18.7 Å². The second-order valence-electron chi connectivity index (χ2n) is 5.73. The predicted octanol–water partition coefficient (Wildman–Crippen LogP) is 2.81. The number of benzene rings is 2. The average Bonchev–Trinajstić information content (AvgIpc) is 3.09. The first-order valence-corrected chi connectivity index (χ1v) is 8.02. The van der Waals surface area contributed by atoms with Crippen molar-refractivity contribution in [2.24, 2.45) is 0 Å². The number of hydrogen-bond donors (Lipinski definition) is 2. The van der Waals surface area contributed by atoms with Crippen LogP contribution in [0.15, 0.2) is 42.5 Å². The van der Waals surface area contributed by atoms with Gasteiger partial charge >= 0.3 is 0 Å². The van der Waals surface area contributed by atoms with Crippen LogP contribution in [0.4, 0.5) is 17.6 Å². The van der Waals surface area contributed by atoms with Crippen LogP contribution in [0.2, 0.25) is 0 Å². The summed E-state index contributed by atoms with van der Waals surface area (Å²) in [5.74, 6) is 2.89. The summed E-state index contributed by atoms with van der Waals surface area (Å²) in [5.41, 5.74) is 7.82. The van der Waals surface area contributed by atoms with Crippen molar-refractivity contribution in [1.29, 1.82) is 0 Å². The van der Waals surface area contributed by atoms with Gasteiger partial charge in [-0.25, -0.2) is 0 Å². The fourth-order valence-electron chi connectivity index (χ4n) is 2.44. The molecule has 0 aliphatic carbocycles. The fourth-order valence-corrected chi connectivity index (χ4v) is 2.44. The second kappa shape index (κ2) is 6.75. The van der Waals surface area contributed by atoms with Gasteiger partial charge in [-0.15, -0.1) is 0 Å². The Balaban J connectivity index is 1.46. The van der Waals surface area contributed by atoms with Crippen LogP contribution in [0.3, 0.4) is 0 Å². The van der Waals surface area contributed by atoms with Gasteiger partial charge in [0, 0.05) is 11.8 Å². The van der Waals surface area contributed by atoms with Gasteiger partial charge in [-0.05, 0) is 31.2 Å². The van der Waals surface area contributed by atoms with Gasteiger partial charge < -0.3 is 25.3 Å². The summed E-state index contributed by atoms with van der Waals surface area (Å²) in [5, 5.41) is 3.11. The van der Waals surface area contributed by atoms with E-state index in [4.69, 9.17) is 19.9 Å². The van der Waals surface area contributed by atoms with Crippen molar-refractivity contribution in [3.05, 3.63) is 53.9 Å². The molecule has 0 bridgehead atoms. The van der Waals surface area contributed by atoms with Crippen LogP contribution in [0.5, 0.6) is 17.2 Å². The lowest BCUT2D eigenvalue weighted by Gasteiger charge is -2.09. The molecule has 26 heavy (non-hydrogen) atoms.